The van der Waals surface area contributed by atoms with E-state index < -0.39 is 0 Å². The molecule has 0 saturated heterocycles. The van der Waals surface area contributed by atoms with Crippen molar-refractivity contribution >= 4 is 39.7 Å². The van der Waals surface area contributed by atoms with Crippen LogP contribution in [-0.2, 0) is 4.79 Å². The Balaban J connectivity index is 2.22. The van der Waals surface area contributed by atoms with Crippen molar-refractivity contribution in [3.63, 3.8) is 0 Å². The molecule has 3 N–H and O–H groups in total. The predicted molar refractivity (Wildman–Crippen MR) is 84.8 cm³/mol. The monoisotopic (exact) mass is 288 g/mol. The molecule has 0 spiro atoms. The molecule has 0 heterocycles. The minimum absolute atomic E-state index is 0.125. The van der Waals surface area contributed by atoms with Crippen molar-refractivity contribution in [2.24, 2.45) is 5.92 Å². The number of phenolic OH excluding ortho intramolecular Hbond substituents is 1. The smallest absolute Gasteiger partial charge is 0.228 e. The maximum atomic E-state index is 11.6. The number of thiocarbonyl (C=S) groups is 1. The quantitative estimate of drug-likeness (QED) is 0.743. The first-order chi connectivity index (χ1) is 9.47. The van der Waals surface area contributed by atoms with E-state index in [1.807, 2.05) is 18.2 Å². The van der Waals surface area contributed by atoms with Crippen molar-refractivity contribution in [1.29, 1.82) is 0 Å². The number of hydrogen-bond donors (Lipinski definition) is 3. The number of fused-ring (bicyclic) bond motifs is 1. The van der Waals surface area contributed by atoms with Gasteiger partial charge in [-0.2, -0.15) is 0 Å². The number of rotatable bonds is 2. The summed E-state index contributed by atoms with van der Waals surface area (Å²) < 4.78 is 0. The third kappa shape index (κ3) is 3.24. The number of carbonyl (C=O) groups excluding carboxylic acids is 1. The standard InChI is InChI=1S/C15H16N2O2S/c1-9(2)14(19)17-15(20)16-13-5-3-4-10-8-11(18)6-7-12(10)13/h3-9,18H,1-2H3,(H2,16,17,19,20). The zero-order valence-corrected chi connectivity index (χ0v) is 12.1. The molecule has 0 aliphatic rings. The molecule has 0 bridgehead atoms. The second-order valence-electron chi connectivity index (χ2n) is 4.81. The molecule has 0 aliphatic carbocycles. The molecule has 20 heavy (non-hydrogen) atoms. The Morgan fingerprint density at radius 3 is 2.70 bits per heavy atom. The molecule has 1 amide bonds. The molecule has 4 nitrogen and oxygen atoms in total. The van der Waals surface area contributed by atoms with Crippen LogP contribution in [0.25, 0.3) is 10.8 Å². The van der Waals surface area contributed by atoms with E-state index in [1.54, 1.807) is 32.0 Å². The maximum absolute atomic E-state index is 11.6. The van der Waals surface area contributed by atoms with Crippen LogP contribution in [0.15, 0.2) is 36.4 Å². The lowest BCUT2D eigenvalue weighted by Gasteiger charge is -2.13. The Morgan fingerprint density at radius 1 is 1.25 bits per heavy atom. The van der Waals surface area contributed by atoms with Crippen LogP contribution in [0.4, 0.5) is 5.69 Å². The third-order valence-electron chi connectivity index (χ3n) is 2.87. The SMILES string of the molecule is CC(C)C(=O)NC(=S)Nc1cccc2cc(O)ccc12. The van der Waals surface area contributed by atoms with Gasteiger partial charge in [-0.3, -0.25) is 4.79 Å². The number of aromatic hydroxyl groups is 1. The van der Waals surface area contributed by atoms with Crippen LogP contribution in [0.1, 0.15) is 13.8 Å². The Hall–Kier alpha value is -2.14. The zero-order chi connectivity index (χ0) is 14.7. The van der Waals surface area contributed by atoms with E-state index in [9.17, 15) is 9.90 Å². The van der Waals surface area contributed by atoms with E-state index in [-0.39, 0.29) is 22.7 Å². The van der Waals surface area contributed by atoms with Crippen LogP contribution in [-0.4, -0.2) is 16.1 Å². The molecule has 0 aliphatic heterocycles. The molecule has 0 radical (unpaired) electrons. The summed E-state index contributed by atoms with van der Waals surface area (Å²) in [5, 5.41) is 17.2. The number of phenols is 1. The molecule has 104 valence electrons. The summed E-state index contributed by atoms with van der Waals surface area (Å²) >= 11 is 5.13. The van der Waals surface area contributed by atoms with Gasteiger partial charge in [-0.1, -0.05) is 26.0 Å². The molecule has 0 saturated carbocycles. The second-order valence-corrected chi connectivity index (χ2v) is 5.22. The molecule has 2 rings (SSSR count). The van der Waals surface area contributed by atoms with Crippen molar-refractivity contribution in [2.75, 3.05) is 5.32 Å². The van der Waals surface area contributed by atoms with Gasteiger partial charge in [0.05, 0.1) is 0 Å². The summed E-state index contributed by atoms with van der Waals surface area (Å²) in [4.78, 5) is 11.6. The minimum Gasteiger partial charge on any atom is -0.508 e. The van der Waals surface area contributed by atoms with E-state index in [0.29, 0.717) is 0 Å². The Morgan fingerprint density at radius 2 is 2.00 bits per heavy atom. The third-order valence-corrected chi connectivity index (χ3v) is 3.08. The molecular formula is C15H16N2O2S. The highest BCUT2D eigenvalue weighted by atomic mass is 32.1. The van der Waals surface area contributed by atoms with Gasteiger partial charge in [-0.25, -0.2) is 0 Å². The van der Waals surface area contributed by atoms with E-state index in [0.717, 1.165) is 16.5 Å². The van der Waals surface area contributed by atoms with Crippen LogP contribution in [0.3, 0.4) is 0 Å². The Kier molecular flexibility index (Phi) is 4.20. The average molecular weight is 288 g/mol. The average Bonchev–Trinajstić information content (AvgIpc) is 2.38. The number of benzene rings is 2. The summed E-state index contributed by atoms with van der Waals surface area (Å²) in [6.45, 7) is 3.61. The zero-order valence-electron chi connectivity index (χ0n) is 11.3. The molecule has 0 unspecified atom stereocenters. The first-order valence-corrected chi connectivity index (χ1v) is 6.72. The molecule has 2 aromatic rings. The number of amides is 1. The van der Waals surface area contributed by atoms with E-state index in [2.05, 4.69) is 10.6 Å². The van der Waals surface area contributed by atoms with Crippen LogP contribution in [0.2, 0.25) is 0 Å². The fourth-order valence-corrected chi connectivity index (χ4v) is 2.00. The van der Waals surface area contributed by atoms with Gasteiger partial charge in [-0.15, -0.1) is 0 Å². The minimum atomic E-state index is -0.126. The number of nitrogens with one attached hydrogen (secondary N) is 2. The summed E-state index contributed by atoms with van der Waals surface area (Å²) in [7, 11) is 0. The lowest BCUT2D eigenvalue weighted by Crippen LogP contribution is -2.36. The fraction of sp³-hybridized carbons (Fsp3) is 0.200. The van der Waals surface area contributed by atoms with Crippen LogP contribution in [0, 0.1) is 5.92 Å². The molecule has 2 aromatic carbocycles. The highest BCUT2D eigenvalue weighted by Crippen LogP contribution is 2.26. The highest BCUT2D eigenvalue weighted by molar-refractivity contribution is 7.80. The van der Waals surface area contributed by atoms with Crippen LogP contribution in [0.5, 0.6) is 5.75 Å². The van der Waals surface area contributed by atoms with Crippen molar-refractivity contribution in [2.45, 2.75) is 13.8 Å². The van der Waals surface area contributed by atoms with Crippen LogP contribution >= 0.6 is 12.2 Å². The summed E-state index contributed by atoms with van der Waals surface area (Å²) in [5.74, 6) is -0.0371. The Labute approximate surface area is 122 Å². The highest BCUT2D eigenvalue weighted by Gasteiger charge is 2.09. The normalized spacial score (nSPS) is 10.6. The van der Waals surface area contributed by atoms with Gasteiger partial charge >= 0.3 is 0 Å². The Bertz CT molecular complexity index is 668. The molecule has 0 aromatic heterocycles. The van der Waals surface area contributed by atoms with Gasteiger partial charge in [-0.05, 0) is 41.9 Å². The number of anilines is 1. The fourth-order valence-electron chi connectivity index (χ4n) is 1.79. The van der Waals surface area contributed by atoms with Gasteiger partial charge < -0.3 is 15.7 Å². The number of carbonyl (C=O) groups is 1. The summed E-state index contributed by atoms with van der Waals surface area (Å²) in [6.07, 6.45) is 0. The predicted octanol–water partition coefficient (Wildman–Crippen LogP) is 3.01. The van der Waals surface area contributed by atoms with Gasteiger partial charge in [0.2, 0.25) is 5.91 Å². The molecule has 0 fully saturated rings. The number of hydrogen-bond acceptors (Lipinski definition) is 3. The largest absolute Gasteiger partial charge is 0.508 e. The summed E-state index contributed by atoms with van der Waals surface area (Å²) in [6, 6.07) is 10.7. The van der Waals surface area contributed by atoms with Crippen LogP contribution < -0.4 is 10.6 Å². The lowest BCUT2D eigenvalue weighted by atomic mass is 10.1. The molecule has 0 atom stereocenters. The summed E-state index contributed by atoms with van der Waals surface area (Å²) in [5.41, 5.74) is 0.788. The van der Waals surface area contributed by atoms with Crippen molar-refractivity contribution in [3.05, 3.63) is 36.4 Å². The van der Waals surface area contributed by atoms with Gasteiger partial charge in [0.15, 0.2) is 5.11 Å². The van der Waals surface area contributed by atoms with E-state index in [4.69, 9.17) is 12.2 Å². The first-order valence-electron chi connectivity index (χ1n) is 6.31. The lowest BCUT2D eigenvalue weighted by molar-refractivity contribution is -0.122. The van der Waals surface area contributed by atoms with Crippen molar-refractivity contribution < 1.29 is 9.90 Å². The topological polar surface area (TPSA) is 61.4 Å². The van der Waals surface area contributed by atoms with Gasteiger partial charge in [0.25, 0.3) is 0 Å². The first kappa shape index (κ1) is 14.3. The van der Waals surface area contributed by atoms with Gasteiger partial charge in [0.1, 0.15) is 5.75 Å². The molecule has 5 heteroatoms. The molecular weight excluding hydrogens is 272 g/mol. The van der Waals surface area contributed by atoms with Crippen molar-refractivity contribution in [1.82, 2.24) is 5.32 Å². The van der Waals surface area contributed by atoms with Crippen molar-refractivity contribution in [3.8, 4) is 5.75 Å². The maximum Gasteiger partial charge on any atom is 0.228 e. The van der Waals surface area contributed by atoms with E-state index in [1.165, 1.54) is 0 Å². The van der Waals surface area contributed by atoms with E-state index >= 15 is 0 Å². The second kappa shape index (κ2) is 5.88. The van der Waals surface area contributed by atoms with Gasteiger partial charge in [0, 0.05) is 17.0 Å².